The number of aliphatic hydroxyl groups excluding tert-OH is 1. The zero-order chi connectivity index (χ0) is 31.2. The summed E-state index contributed by atoms with van der Waals surface area (Å²) in [7, 11) is 4.43. The number of ketones is 1. The van der Waals surface area contributed by atoms with Crippen LogP contribution < -0.4 is 23.8 Å². The average Bonchev–Trinajstić information content (AvgIpc) is 3.63. The van der Waals surface area contributed by atoms with E-state index in [9.17, 15) is 14.7 Å². The summed E-state index contributed by atoms with van der Waals surface area (Å²) in [5.41, 5.74) is 1.79. The molecule has 4 aromatic rings. The minimum absolute atomic E-state index is 0.111. The molecule has 5 rings (SSSR count). The van der Waals surface area contributed by atoms with Crippen molar-refractivity contribution in [2.24, 2.45) is 0 Å². The molecule has 1 N–H and O–H groups in total. The SMILES string of the molecule is CCCOc1ccc(/C(O)=C2\C(=O)C(=O)N(c3nnc(SCc4ccccc4)s3)C2c2cc(OC)c(OC)c(OC)c2)cc1. The Morgan fingerprint density at radius 1 is 0.955 bits per heavy atom. The molecule has 1 aromatic heterocycles. The van der Waals surface area contributed by atoms with Gasteiger partial charge in [0.25, 0.3) is 5.78 Å². The van der Waals surface area contributed by atoms with E-state index in [0.717, 1.165) is 12.0 Å². The quantitative estimate of drug-likeness (QED) is 0.0628. The predicted molar refractivity (Wildman–Crippen MR) is 169 cm³/mol. The van der Waals surface area contributed by atoms with Crippen LogP contribution in [-0.4, -0.2) is 54.9 Å². The van der Waals surface area contributed by atoms with Gasteiger partial charge >= 0.3 is 5.91 Å². The van der Waals surface area contributed by atoms with Crippen molar-refractivity contribution in [2.75, 3.05) is 32.8 Å². The number of thioether (sulfide) groups is 1. The maximum Gasteiger partial charge on any atom is 0.301 e. The molecule has 12 heteroatoms. The summed E-state index contributed by atoms with van der Waals surface area (Å²) in [5, 5.41) is 20.3. The van der Waals surface area contributed by atoms with Gasteiger partial charge in [0.1, 0.15) is 11.5 Å². The normalized spacial score (nSPS) is 15.8. The lowest BCUT2D eigenvalue weighted by Gasteiger charge is -2.24. The van der Waals surface area contributed by atoms with Gasteiger partial charge < -0.3 is 24.1 Å². The molecule has 0 aliphatic carbocycles. The molecule has 1 unspecified atom stereocenters. The number of ether oxygens (including phenoxy) is 4. The van der Waals surface area contributed by atoms with Gasteiger partial charge in [-0.1, -0.05) is 60.4 Å². The van der Waals surface area contributed by atoms with Gasteiger partial charge in [0.15, 0.2) is 15.8 Å². The Kier molecular flexibility index (Phi) is 9.71. The van der Waals surface area contributed by atoms with Crippen molar-refractivity contribution in [1.82, 2.24) is 10.2 Å². The average molecular weight is 634 g/mol. The van der Waals surface area contributed by atoms with E-state index < -0.39 is 17.7 Å². The summed E-state index contributed by atoms with van der Waals surface area (Å²) < 4.78 is 22.9. The number of aromatic nitrogens is 2. The summed E-state index contributed by atoms with van der Waals surface area (Å²) in [4.78, 5) is 28.6. The van der Waals surface area contributed by atoms with Crippen molar-refractivity contribution in [3.05, 3.63) is 89.0 Å². The molecule has 1 aliphatic rings. The third-order valence-corrected chi connectivity index (χ3v) is 8.98. The van der Waals surface area contributed by atoms with Crippen LogP contribution in [0.3, 0.4) is 0 Å². The van der Waals surface area contributed by atoms with Crippen LogP contribution in [0, 0.1) is 0 Å². The first-order valence-electron chi connectivity index (χ1n) is 13.7. The molecule has 3 aromatic carbocycles. The van der Waals surface area contributed by atoms with E-state index in [0.29, 0.717) is 50.8 Å². The lowest BCUT2D eigenvalue weighted by Crippen LogP contribution is -2.29. The Morgan fingerprint density at radius 3 is 2.25 bits per heavy atom. The Morgan fingerprint density at radius 2 is 1.64 bits per heavy atom. The van der Waals surface area contributed by atoms with Crippen LogP contribution in [0.4, 0.5) is 5.13 Å². The number of methoxy groups -OCH3 is 3. The van der Waals surface area contributed by atoms with E-state index in [1.165, 1.54) is 49.3 Å². The van der Waals surface area contributed by atoms with Crippen molar-refractivity contribution >= 4 is 45.7 Å². The number of amides is 1. The fraction of sp³-hybridized carbons (Fsp3) is 0.250. The molecular weight excluding hydrogens is 603 g/mol. The van der Waals surface area contributed by atoms with Crippen molar-refractivity contribution in [2.45, 2.75) is 29.5 Å². The van der Waals surface area contributed by atoms with Crippen molar-refractivity contribution < 1.29 is 33.6 Å². The fourth-order valence-electron chi connectivity index (χ4n) is 4.77. The highest BCUT2D eigenvalue weighted by atomic mass is 32.2. The minimum Gasteiger partial charge on any atom is -0.507 e. The molecule has 44 heavy (non-hydrogen) atoms. The van der Waals surface area contributed by atoms with Crippen molar-refractivity contribution in [1.29, 1.82) is 0 Å². The number of hydrogen-bond acceptors (Lipinski definition) is 11. The van der Waals surface area contributed by atoms with Gasteiger partial charge in [-0.2, -0.15) is 0 Å². The number of aliphatic hydroxyl groups is 1. The largest absolute Gasteiger partial charge is 0.507 e. The van der Waals surface area contributed by atoms with E-state index in [2.05, 4.69) is 10.2 Å². The van der Waals surface area contributed by atoms with Crippen molar-refractivity contribution in [3.63, 3.8) is 0 Å². The van der Waals surface area contributed by atoms with Crippen LogP contribution in [-0.2, 0) is 15.3 Å². The van der Waals surface area contributed by atoms with Gasteiger partial charge in [-0.15, -0.1) is 10.2 Å². The van der Waals surface area contributed by atoms with Crippen LogP contribution in [0.5, 0.6) is 23.0 Å². The first-order valence-corrected chi connectivity index (χ1v) is 15.5. The predicted octanol–water partition coefficient (Wildman–Crippen LogP) is 6.27. The molecule has 0 bridgehead atoms. The molecule has 0 spiro atoms. The van der Waals surface area contributed by atoms with E-state index >= 15 is 0 Å². The second-order valence-electron chi connectivity index (χ2n) is 9.63. The van der Waals surface area contributed by atoms with E-state index in [1.807, 2.05) is 37.3 Å². The van der Waals surface area contributed by atoms with Gasteiger partial charge in [0, 0.05) is 11.3 Å². The van der Waals surface area contributed by atoms with Gasteiger partial charge in [0.05, 0.1) is 39.6 Å². The maximum atomic E-state index is 13.7. The Hall–Kier alpha value is -4.55. The number of carbonyl (C=O) groups is 2. The highest BCUT2D eigenvalue weighted by Gasteiger charge is 2.49. The van der Waals surface area contributed by atoms with Crippen LogP contribution in [0.1, 0.15) is 36.1 Å². The van der Waals surface area contributed by atoms with Gasteiger partial charge in [-0.25, -0.2) is 0 Å². The first-order chi connectivity index (χ1) is 21.4. The molecule has 0 radical (unpaired) electrons. The van der Waals surface area contributed by atoms with Gasteiger partial charge in [-0.05, 0) is 53.9 Å². The Labute approximate surface area is 263 Å². The zero-order valence-electron chi connectivity index (χ0n) is 24.6. The standard InChI is InChI=1S/C32H31N3O7S2/c1-5-15-42-22-13-11-20(12-14-22)27(36)25-26(21-16-23(39-2)29(41-4)24(17-21)40-3)35(30(38)28(25)37)31-33-34-32(44-31)43-18-19-9-7-6-8-10-19/h6-14,16-17,26,36H,5,15,18H2,1-4H3/b27-25+. The third kappa shape index (κ3) is 6.22. The molecule has 1 atom stereocenters. The topological polar surface area (TPSA) is 120 Å². The number of anilines is 1. The van der Waals surface area contributed by atoms with Crippen LogP contribution in [0.15, 0.2) is 76.6 Å². The number of carbonyl (C=O) groups excluding carboxylic acids is 2. The number of nitrogens with zero attached hydrogens (tertiary/aromatic N) is 3. The van der Waals surface area contributed by atoms with E-state index in [4.69, 9.17) is 18.9 Å². The summed E-state index contributed by atoms with van der Waals surface area (Å²) in [6, 6.07) is 18.8. The third-order valence-electron chi connectivity index (χ3n) is 6.85. The molecule has 1 aliphatic heterocycles. The summed E-state index contributed by atoms with van der Waals surface area (Å²) >= 11 is 2.66. The van der Waals surface area contributed by atoms with E-state index in [1.54, 1.807) is 36.4 Å². The molecule has 1 amide bonds. The number of Topliss-reactive ketones (excluding diaryl/α,β-unsaturated/α-hetero) is 1. The zero-order valence-corrected chi connectivity index (χ0v) is 26.2. The number of hydrogen-bond donors (Lipinski definition) is 1. The second kappa shape index (κ2) is 13.8. The molecule has 0 saturated carbocycles. The number of benzene rings is 3. The highest BCUT2D eigenvalue weighted by molar-refractivity contribution is 8.00. The van der Waals surface area contributed by atoms with Gasteiger partial charge in [-0.3, -0.25) is 14.5 Å². The first kappa shape index (κ1) is 30.9. The maximum absolute atomic E-state index is 13.7. The Bertz CT molecular complexity index is 1650. The molecule has 1 fully saturated rings. The van der Waals surface area contributed by atoms with Crippen LogP contribution >= 0.6 is 23.1 Å². The highest BCUT2D eigenvalue weighted by Crippen LogP contribution is 2.48. The summed E-state index contributed by atoms with van der Waals surface area (Å²) in [5.74, 6) is 0.221. The Balaban J connectivity index is 1.60. The monoisotopic (exact) mass is 633 g/mol. The van der Waals surface area contributed by atoms with Crippen LogP contribution in [0.2, 0.25) is 0 Å². The molecule has 2 heterocycles. The van der Waals surface area contributed by atoms with E-state index in [-0.39, 0.29) is 16.5 Å². The van der Waals surface area contributed by atoms with Crippen molar-refractivity contribution in [3.8, 4) is 23.0 Å². The summed E-state index contributed by atoms with van der Waals surface area (Å²) in [6.07, 6.45) is 0.845. The number of rotatable bonds is 12. The molecule has 228 valence electrons. The molecular formula is C32H31N3O7S2. The second-order valence-corrected chi connectivity index (χ2v) is 11.8. The summed E-state index contributed by atoms with van der Waals surface area (Å²) in [6.45, 7) is 2.55. The lowest BCUT2D eigenvalue weighted by atomic mass is 9.94. The molecule has 1 saturated heterocycles. The lowest BCUT2D eigenvalue weighted by molar-refractivity contribution is -0.132. The fourth-order valence-corrected chi connectivity index (χ4v) is 6.59. The smallest absolute Gasteiger partial charge is 0.301 e. The van der Waals surface area contributed by atoms with Gasteiger partial charge in [0.2, 0.25) is 10.9 Å². The minimum atomic E-state index is -1.07. The van der Waals surface area contributed by atoms with Crippen LogP contribution in [0.25, 0.3) is 5.76 Å². The molecule has 10 nitrogen and oxygen atoms in total.